The molecule has 4 aromatic rings. The van der Waals surface area contributed by atoms with E-state index in [2.05, 4.69) is 29.4 Å². The normalized spacial score (nSPS) is 26.9. The Morgan fingerprint density at radius 3 is 2.22 bits per heavy atom. The third-order valence-electron chi connectivity index (χ3n) is 13.5. The summed E-state index contributed by atoms with van der Waals surface area (Å²) in [5.74, 6) is -2.23. The van der Waals surface area contributed by atoms with Gasteiger partial charge in [0.1, 0.15) is 5.41 Å². The molecule has 4 N–H and O–H groups in total. The Hall–Kier alpha value is -4.29. The van der Waals surface area contributed by atoms with Crippen molar-refractivity contribution in [3.8, 4) is 0 Å². The monoisotopic (exact) mass is 839 g/mol. The lowest BCUT2D eigenvalue weighted by Crippen LogP contribution is -2.64. The van der Waals surface area contributed by atoms with Crippen LogP contribution in [-0.2, 0) is 24.5 Å². The highest BCUT2D eigenvalue weighted by molar-refractivity contribution is 6.31. The molecule has 10 nitrogen and oxygen atoms in total. The molecule has 0 bridgehead atoms. The van der Waals surface area contributed by atoms with Gasteiger partial charge in [-0.2, -0.15) is 0 Å². The Balaban J connectivity index is 1.47. The Labute approximate surface area is 355 Å². The van der Waals surface area contributed by atoms with Crippen LogP contribution in [0.2, 0.25) is 10.0 Å². The second-order valence-corrected chi connectivity index (χ2v) is 18.2. The molecule has 4 aromatic carbocycles. The summed E-state index contributed by atoms with van der Waals surface area (Å²) < 4.78 is 11.2. The molecule has 0 radical (unpaired) electrons. The number of benzene rings is 4. The van der Waals surface area contributed by atoms with Crippen molar-refractivity contribution in [2.24, 2.45) is 5.41 Å². The van der Waals surface area contributed by atoms with E-state index in [1.54, 1.807) is 24.3 Å². The average Bonchev–Trinajstić information content (AvgIpc) is 3.67. The van der Waals surface area contributed by atoms with E-state index in [9.17, 15) is 15.0 Å². The van der Waals surface area contributed by atoms with E-state index in [0.717, 1.165) is 5.56 Å². The van der Waals surface area contributed by atoms with Gasteiger partial charge in [-0.1, -0.05) is 104 Å². The van der Waals surface area contributed by atoms with Crippen LogP contribution in [0, 0.1) is 5.41 Å². The molecule has 59 heavy (non-hydrogen) atoms. The molecule has 2 amide bonds. The van der Waals surface area contributed by atoms with Crippen molar-refractivity contribution < 1.29 is 34.1 Å². The molecule has 1 unspecified atom stereocenters. The van der Waals surface area contributed by atoms with Gasteiger partial charge in [-0.05, 0) is 96.5 Å². The standard InChI is InChI=1S/C47H51Cl2N3O7/c1-45(2)18-20-46(21-19-45)47(36-17-14-32(48)25-37(36)51-44(47)57)38(30-22-31(43(56)58-3)24-33(49)23-30)40(42(55)50-34-15-16-35(26-53)59-27-34)52(46)39(28-10-6-4-7-11-28)41(54)29-12-8-5-9-13-29/h4-14,17,22-25,34-35,38-41,53-54H,15-16,18-21,26-27H2,1-3H3,(H,50,55)(H,51,57)/t34-,35+,38+,39-,40-,41+,47?/m1/s1. The fourth-order valence-corrected chi connectivity index (χ4v) is 11.1. The van der Waals surface area contributed by atoms with Gasteiger partial charge in [0.2, 0.25) is 11.8 Å². The number of fused-ring (bicyclic) bond motifs is 3. The molecule has 0 aromatic heterocycles. The van der Waals surface area contributed by atoms with Crippen LogP contribution in [0.15, 0.2) is 97.1 Å². The number of hydrogen-bond donors (Lipinski definition) is 4. The van der Waals surface area contributed by atoms with Crippen LogP contribution in [0.3, 0.4) is 0 Å². The van der Waals surface area contributed by atoms with Gasteiger partial charge in [0.15, 0.2) is 0 Å². The van der Waals surface area contributed by atoms with E-state index >= 15 is 9.59 Å². The van der Waals surface area contributed by atoms with Gasteiger partial charge in [0.05, 0.1) is 56.2 Å². The summed E-state index contributed by atoms with van der Waals surface area (Å²) in [7, 11) is 1.30. The number of esters is 1. The highest BCUT2D eigenvalue weighted by atomic mass is 35.5. The number of nitrogens with one attached hydrogen (secondary N) is 2. The highest BCUT2D eigenvalue weighted by Gasteiger charge is 2.77. The number of amides is 2. The molecular weight excluding hydrogens is 789 g/mol. The minimum absolute atomic E-state index is 0.0943. The molecule has 1 aliphatic carbocycles. The number of aliphatic hydroxyl groups excluding tert-OH is 2. The number of rotatable bonds is 9. The van der Waals surface area contributed by atoms with Crippen LogP contribution < -0.4 is 10.6 Å². The average molecular weight is 841 g/mol. The van der Waals surface area contributed by atoms with Crippen LogP contribution in [-0.4, -0.2) is 76.9 Å². The second kappa shape index (κ2) is 16.3. The van der Waals surface area contributed by atoms with Crippen LogP contribution >= 0.6 is 23.2 Å². The molecule has 4 aliphatic rings. The summed E-state index contributed by atoms with van der Waals surface area (Å²) in [5, 5.41) is 30.0. The zero-order valence-electron chi connectivity index (χ0n) is 33.5. The van der Waals surface area contributed by atoms with E-state index in [-0.39, 0.29) is 47.1 Å². The van der Waals surface area contributed by atoms with Crippen LogP contribution in [0.5, 0.6) is 0 Å². The molecule has 3 heterocycles. The van der Waals surface area contributed by atoms with Gasteiger partial charge in [-0.3, -0.25) is 14.5 Å². The molecule has 3 aliphatic heterocycles. The molecule has 3 fully saturated rings. The van der Waals surface area contributed by atoms with Crippen molar-refractivity contribution in [2.75, 3.05) is 25.6 Å². The first-order valence-electron chi connectivity index (χ1n) is 20.4. The van der Waals surface area contributed by atoms with Gasteiger partial charge in [0, 0.05) is 27.2 Å². The van der Waals surface area contributed by atoms with Crippen molar-refractivity contribution >= 4 is 46.7 Å². The zero-order valence-corrected chi connectivity index (χ0v) is 35.0. The van der Waals surface area contributed by atoms with Crippen LogP contribution in [0.25, 0.3) is 0 Å². The van der Waals surface area contributed by atoms with Crippen LogP contribution in [0.4, 0.5) is 5.69 Å². The van der Waals surface area contributed by atoms with Gasteiger partial charge < -0.3 is 30.3 Å². The lowest BCUT2D eigenvalue weighted by Gasteiger charge is -2.56. The van der Waals surface area contributed by atoms with Gasteiger partial charge >= 0.3 is 5.97 Å². The lowest BCUT2D eigenvalue weighted by atomic mass is 9.53. The third-order valence-corrected chi connectivity index (χ3v) is 14.0. The maximum atomic E-state index is 15.9. The number of methoxy groups -OCH3 is 1. The maximum absolute atomic E-state index is 15.9. The van der Waals surface area contributed by atoms with E-state index in [4.69, 9.17) is 32.7 Å². The van der Waals surface area contributed by atoms with Crippen molar-refractivity contribution in [2.45, 2.75) is 99.6 Å². The van der Waals surface area contributed by atoms with Gasteiger partial charge in [-0.25, -0.2) is 4.79 Å². The Bertz CT molecular complexity index is 2200. The largest absolute Gasteiger partial charge is 0.465 e. The minimum atomic E-state index is -1.47. The van der Waals surface area contributed by atoms with E-state index in [1.165, 1.54) is 13.2 Å². The summed E-state index contributed by atoms with van der Waals surface area (Å²) >= 11 is 13.6. The van der Waals surface area contributed by atoms with E-state index in [0.29, 0.717) is 65.9 Å². The summed E-state index contributed by atoms with van der Waals surface area (Å²) in [5.41, 5.74) is 0.657. The first-order valence-corrected chi connectivity index (χ1v) is 21.2. The molecular formula is C47H51Cl2N3O7. The second-order valence-electron chi connectivity index (χ2n) is 17.4. The number of ether oxygens (including phenoxy) is 2. The van der Waals surface area contributed by atoms with Crippen molar-refractivity contribution in [1.29, 1.82) is 0 Å². The third kappa shape index (κ3) is 7.15. The maximum Gasteiger partial charge on any atom is 0.337 e. The van der Waals surface area contributed by atoms with E-state index in [1.807, 2.05) is 66.7 Å². The molecule has 7 atom stereocenters. The smallest absolute Gasteiger partial charge is 0.337 e. The van der Waals surface area contributed by atoms with E-state index < -0.39 is 47.1 Å². The molecule has 310 valence electrons. The summed E-state index contributed by atoms with van der Waals surface area (Å²) in [6, 6.07) is 27.1. The van der Waals surface area contributed by atoms with Crippen molar-refractivity contribution in [1.82, 2.24) is 10.2 Å². The number of likely N-dealkylation sites (tertiary alicyclic amines) is 1. The minimum Gasteiger partial charge on any atom is -0.465 e. The molecule has 2 saturated heterocycles. The number of aliphatic hydroxyl groups is 2. The Kier molecular flexibility index (Phi) is 11.4. The number of halogens is 2. The topological polar surface area (TPSA) is 137 Å². The Morgan fingerprint density at radius 1 is 0.915 bits per heavy atom. The zero-order chi connectivity index (χ0) is 41.7. The predicted molar refractivity (Wildman–Crippen MR) is 226 cm³/mol. The number of carbonyl (C=O) groups excluding carboxylic acids is 3. The van der Waals surface area contributed by atoms with Gasteiger partial charge in [0.25, 0.3) is 0 Å². The summed E-state index contributed by atoms with van der Waals surface area (Å²) in [6.45, 7) is 4.53. The quantitative estimate of drug-likeness (QED) is 0.125. The fraction of sp³-hybridized carbons (Fsp3) is 0.426. The number of anilines is 1. The number of nitrogens with zero attached hydrogens (tertiary/aromatic N) is 1. The molecule has 1 saturated carbocycles. The first-order chi connectivity index (χ1) is 28.3. The molecule has 8 rings (SSSR count). The SMILES string of the molecule is COC(=O)c1cc(Cl)cc([C@H]2[C@H](C(=O)N[C@@H]3CC[C@@H](CO)OC3)N([C@H](c3ccccc3)[C@@H](O)c3ccccc3)C3(CCC(C)(C)CC3)C23C(=O)Nc2cc(Cl)ccc23)c1. The van der Waals surface area contributed by atoms with Gasteiger partial charge in [-0.15, -0.1) is 0 Å². The first kappa shape index (κ1) is 41.4. The predicted octanol–water partition coefficient (Wildman–Crippen LogP) is 7.91. The summed E-state index contributed by atoms with van der Waals surface area (Å²) in [4.78, 5) is 47.1. The highest BCUT2D eigenvalue weighted by Crippen LogP contribution is 2.69. The van der Waals surface area contributed by atoms with Crippen molar-refractivity contribution in [3.05, 3.63) is 135 Å². The molecule has 2 spiro atoms. The fourth-order valence-electron chi connectivity index (χ4n) is 10.7. The molecule has 12 heteroatoms. The lowest BCUT2D eigenvalue weighted by molar-refractivity contribution is -0.138. The number of hydrogen-bond acceptors (Lipinski definition) is 8. The summed E-state index contributed by atoms with van der Waals surface area (Å²) in [6.07, 6.45) is 2.06. The Morgan fingerprint density at radius 2 is 1.59 bits per heavy atom. The van der Waals surface area contributed by atoms with Crippen LogP contribution in [0.1, 0.15) is 103 Å². The van der Waals surface area contributed by atoms with Crippen molar-refractivity contribution in [3.63, 3.8) is 0 Å². The number of carbonyl (C=O) groups is 3.